The Labute approximate surface area is 105 Å². The van der Waals surface area contributed by atoms with Gasteiger partial charge in [-0.2, -0.15) is 16.6 Å². The van der Waals surface area contributed by atoms with Gasteiger partial charge in [0.15, 0.2) is 0 Å². The summed E-state index contributed by atoms with van der Waals surface area (Å²) < 4.78 is 0. The molecule has 0 spiro atoms. The van der Waals surface area contributed by atoms with Crippen LogP contribution < -0.4 is 5.32 Å². The van der Waals surface area contributed by atoms with Crippen molar-refractivity contribution in [3.63, 3.8) is 0 Å². The standard InChI is InChI=1S/C13H14N2OS/c14-7-11-8-17-9-12(11)13(16)15-6-5-10-3-1-2-4-10/h3,8-9H,1-2,4-6H2,(H,15,16). The molecule has 0 atom stereocenters. The van der Waals surface area contributed by atoms with Crippen LogP contribution in [0.4, 0.5) is 0 Å². The van der Waals surface area contributed by atoms with E-state index in [1.54, 1.807) is 10.8 Å². The Balaban J connectivity index is 1.83. The Morgan fingerprint density at radius 1 is 1.53 bits per heavy atom. The van der Waals surface area contributed by atoms with Gasteiger partial charge in [0.25, 0.3) is 5.91 Å². The van der Waals surface area contributed by atoms with Crippen LogP contribution in [0.15, 0.2) is 22.4 Å². The molecule has 1 aromatic rings. The maximum atomic E-state index is 11.8. The van der Waals surface area contributed by atoms with Gasteiger partial charge in [-0.15, -0.1) is 0 Å². The fourth-order valence-corrected chi connectivity index (χ4v) is 2.71. The number of amides is 1. The lowest BCUT2D eigenvalue weighted by Gasteiger charge is -2.04. The highest BCUT2D eigenvalue weighted by atomic mass is 32.1. The van der Waals surface area contributed by atoms with Crippen LogP contribution in [-0.4, -0.2) is 12.5 Å². The molecule has 1 aromatic heterocycles. The van der Waals surface area contributed by atoms with Crippen molar-refractivity contribution < 1.29 is 4.79 Å². The summed E-state index contributed by atoms with van der Waals surface area (Å²) in [6.45, 7) is 0.658. The average molecular weight is 246 g/mol. The first kappa shape index (κ1) is 11.9. The third-order valence-corrected chi connectivity index (χ3v) is 3.64. The molecule has 1 heterocycles. The van der Waals surface area contributed by atoms with Gasteiger partial charge in [-0.05, 0) is 25.7 Å². The lowest BCUT2D eigenvalue weighted by Crippen LogP contribution is -2.24. The lowest BCUT2D eigenvalue weighted by atomic mass is 10.1. The number of carbonyl (C=O) groups excluding carboxylic acids is 1. The minimum atomic E-state index is -0.138. The van der Waals surface area contributed by atoms with Crippen molar-refractivity contribution >= 4 is 17.2 Å². The number of carbonyl (C=O) groups is 1. The molecule has 4 heteroatoms. The number of nitrogens with one attached hydrogen (secondary N) is 1. The fourth-order valence-electron chi connectivity index (χ4n) is 1.96. The molecule has 17 heavy (non-hydrogen) atoms. The number of hydrogen-bond acceptors (Lipinski definition) is 3. The van der Waals surface area contributed by atoms with Gasteiger partial charge in [-0.25, -0.2) is 0 Å². The van der Waals surface area contributed by atoms with E-state index in [1.807, 2.05) is 6.07 Å². The van der Waals surface area contributed by atoms with Crippen LogP contribution in [-0.2, 0) is 0 Å². The van der Waals surface area contributed by atoms with E-state index in [2.05, 4.69) is 11.4 Å². The molecule has 0 saturated carbocycles. The quantitative estimate of drug-likeness (QED) is 0.830. The number of rotatable bonds is 4. The Morgan fingerprint density at radius 3 is 3.12 bits per heavy atom. The van der Waals surface area contributed by atoms with E-state index in [0.29, 0.717) is 17.7 Å². The molecule has 0 fully saturated rings. The molecule has 1 aliphatic rings. The van der Waals surface area contributed by atoms with Gasteiger partial charge < -0.3 is 5.32 Å². The summed E-state index contributed by atoms with van der Waals surface area (Å²) in [6.07, 6.45) is 6.77. The summed E-state index contributed by atoms with van der Waals surface area (Å²) in [5, 5.41) is 15.1. The molecular weight excluding hydrogens is 232 g/mol. The summed E-state index contributed by atoms with van der Waals surface area (Å²) in [6, 6.07) is 2.03. The molecule has 1 amide bonds. The molecule has 0 aliphatic heterocycles. The zero-order valence-electron chi connectivity index (χ0n) is 9.53. The Bertz CT molecular complexity index is 482. The molecule has 1 aliphatic carbocycles. The van der Waals surface area contributed by atoms with Gasteiger partial charge >= 0.3 is 0 Å². The monoisotopic (exact) mass is 246 g/mol. The first-order chi connectivity index (χ1) is 8.31. The maximum Gasteiger partial charge on any atom is 0.253 e. The van der Waals surface area contributed by atoms with Crippen LogP contribution in [0.2, 0.25) is 0 Å². The van der Waals surface area contributed by atoms with Crippen LogP contribution in [0, 0.1) is 11.3 Å². The number of allylic oxidation sites excluding steroid dienone is 1. The first-order valence-corrected chi connectivity index (χ1v) is 6.68. The minimum absolute atomic E-state index is 0.138. The van der Waals surface area contributed by atoms with Gasteiger partial charge in [0.05, 0.1) is 11.1 Å². The van der Waals surface area contributed by atoms with Crippen LogP contribution >= 0.6 is 11.3 Å². The van der Waals surface area contributed by atoms with E-state index in [4.69, 9.17) is 5.26 Å². The molecular formula is C13H14N2OS. The second kappa shape index (κ2) is 5.65. The van der Waals surface area contributed by atoms with Crippen LogP contribution in [0.5, 0.6) is 0 Å². The Morgan fingerprint density at radius 2 is 2.41 bits per heavy atom. The number of thiophene rings is 1. The van der Waals surface area contributed by atoms with E-state index in [-0.39, 0.29) is 5.91 Å². The predicted molar refractivity (Wildman–Crippen MR) is 67.9 cm³/mol. The first-order valence-electron chi connectivity index (χ1n) is 5.73. The van der Waals surface area contributed by atoms with Gasteiger partial charge in [0.2, 0.25) is 0 Å². The maximum absolute atomic E-state index is 11.8. The summed E-state index contributed by atoms with van der Waals surface area (Å²) in [7, 11) is 0. The summed E-state index contributed by atoms with van der Waals surface area (Å²) >= 11 is 1.38. The molecule has 0 saturated heterocycles. The lowest BCUT2D eigenvalue weighted by molar-refractivity contribution is 0.0954. The summed E-state index contributed by atoms with van der Waals surface area (Å²) in [4.78, 5) is 11.8. The average Bonchev–Trinajstić information content (AvgIpc) is 2.99. The molecule has 2 rings (SSSR count). The number of hydrogen-bond donors (Lipinski definition) is 1. The van der Waals surface area contributed by atoms with E-state index in [9.17, 15) is 4.79 Å². The SMILES string of the molecule is N#Cc1cscc1C(=O)NCCC1=CCCC1. The van der Waals surface area contributed by atoms with Crippen molar-refractivity contribution in [3.8, 4) is 6.07 Å². The molecule has 88 valence electrons. The number of nitriles is 1. The van der Waals surface area contributed by atoms with Crippen LogP contribution in [0.3, 0.4) is 0 Å². The van der Waals surface area contributed by atoms with Crippen molar-refractivity contribution in [2.45, 2.75) is 25.7 Å². The second-order valence-corrected chi connectivity index (χ2v) is 4.82. The van der Waals surface area contributed by atoms with Crippen molar-refractivity contribution in [3.05, 3.63) is 33.5 Å². The van der Waals surface area contributed by atoms with Crippen molar-refractivity contribution in [1.82, 2.24) is 5.32 Å². The van der Waals surface area contributed by atoms with E-state index >= 15 is 0 Å². The third-order valence-electron chi connectivity index (χ3n) is 2.89. The fraction of sp³-hybridized carbons (Fsp3) is 0.385. The second-order valence-electron chi connectivity index (χ2n) is 4.07. The zero-order chi connectivity index (χ0) is 12.1. The van der Waals surface area contributed by atoms with Crippen molar-refractivity contribution in [1.29, 1.82) is 5.26 Å². The van der Waals surface area contributed by atoms with E-state index < -0.39 is 0 Å². The highest BCUT2D eigenvalue weighted by Gasteiger charge is 2.12. The Hall–Kier alpha value is -1.60. The molecule has 0 radical (unpaired) electrons. The largest absolute Gasteiger partial charge is 0.352 e. The van der Waals surface area contributed by atoms with E-state index in [0.717, 1.165) is 12.8 Å². The highest BCUT2D eigenvalue weighted by molar-refractivity contribution is 7.08. The zero-order valence-corrected chi connectivity index (χ0v) is 10.3. The molecule has 1 N–H and O–H groups in total. The Kier molecular flexibility index (Phi) is 3.94. The summed E-state index contributed by atoms with van der Waals surface area (Å²) in [5.74, 6) is -0.138. The summed E-state index contributed by atoms with van der Waals surface area (Å²) in [5.41, 5.74) is 2.40. The molecule has 0 unspecified atom stereocenters. The van der Waals surface area contributed by atoms with Gasteiger partial charge in [0.1, 0.15) is 6.07 Å². The van der Waals surface area contributed by atoms with Gasteiger partial charge in [-0.1, -0.05) is 11.6 Å². The number of nitrogens with zero attached hydrogens (tertiary/aromatic N) is 1. The highest BCUT2D eigenvalue weighted by Crippen LogP contribution is 2.20. The molecule has 0 bridgehead atoms. The molecule has 0 aromatic carbocycles. The van der Waals surface area contributed by atoms with Crippen LogP contribution in [0.1, 0.15) is 41.6 Å². The minimum Gasteiger partial charge on any atom is -0.352 e. The van der Waals surface area contributed by atoms with E-state index in [1.165, 1.54) is 29.8 Å². The normalized spacial score (nSPS) is 14.2. The smallest absolute Gasteiger partial charge is 0.253 e. The molecule has 3 nitrogen and oxygen atoms in total. The topological polar surface area (TPSA) is 52.9 Å². The predicted octanol–water partition coefficient (Wildman–Crippen LogP) is 2.85. The van der Waals surface area contributed by atoms with Gasteiger partial charge in [0, 0.05) is 17.3 Å². The van der Waals surface area contributed by atoms with Crippen LogP contribution in [0.25, 0.3) is 0 Å². The van der Waals surface area contributed by atoms with Gasteiger partial charge in [-0.3, -0.25) is 4.79 Å². The van der Waals surface area contributed by atoms with Crippen molar-refractivity contribution in [2.75, 3.05) is 6.54 Å². The van der Waals surface area contributed by atoms with Crippen molar-refractivity contribution in [2.24, 2.45) is 0 Å². The third kappa shape index (κ3) is 2.95.